The molecular formula is C12H17N3O2. The van der Waals surface area contributed by atoms with Crippen molar-refractivity contribution in [2.45, 2.75) is 13.3 Å². The van der Waals surface area contributed by atoms with Crippen molar-refractivity contribution >= 4 is 17.5 Å². The van der Waals surface area contributed by atoms with E-state index in [2.05, 4.69) is 5.32 Å². The van der Waals surface area contributed by atoms with E-state index in [0.29, 0.717) is 11.3 Å². The zero-order valence-electron chi connectivity index (χ0n) is 9.77. The third-order valence-electron chi connectivity index (χ3n) is 2.44. The van der Waals surface area contributed by atoms with E-state index in [1.807, 2.05) is 0 Å². The number of nitrogens with two attached hydrogens (primary N) is 2. The highest BCUT2D eigenvalue weighted by Crippen LogP contribution is 2.16. The molecule has 0 spiro atoms. The number of para-hydroxylation sites is 1. The van der Waals surface area contributed by atoms with E-state index < -0.39 is 5.91 Å². The van der Waals surface area contributed by atoms with Crippen LogP contribution in [0.3, 0.4) is 0 Å². The largest absolute Gasteiger partial charge is 0.369 e. The molecule has 5 N–H and O–H groups in total. The van der Waals surface area contributed by atoms with Crippen LogP contribution in [0.2, 0.25) is 0 Å². The number of hydrogen-bond acceptors (Lipinski definition) is 3. The Kier molecular flexibility index (Phi) is 4.66. The molecule has 0 aliphatic carbocycles. The Bertz CT molecular complexity index is 418. The molecule has 1 rings (SSSR count). The van der Waals surface area contributed by atoms with Crippen molar-refractivity contribution in [1.82, 2.24) is 0 Å². The molecule has 5 nitrogen and oxygen atoms in total. The van der Waals surface area contributed by atoms with Gasteiger partial charge in [-0.15, -0.1) is 0 Å². The van der Waals surface area contributed by atoms with Crippen molar-refractivity contribution < 1.29 is 9.59 Å². The minimum absolute atomic E-state index is 0.105. The second-order valence-corrected chi connectivity index (χ2v) is 3.93. The zero-order valence-corrected chi connectivity index (χ0v) is 9.77. The van der Waals surface area contributed by atoms with Crippen LogP contribution in [0.25, 0.3) is 0 Å². The van der Waals surface area contributed by atoms with Gasteiger partial charge in [0.25, 0.3) is 0 Å². The Hall–Kier alpha value is -1.88. The molecule has 1 unspecified atom stereocenters. The second kappa shape index (κ2) is 6.00. The van der Waals surface area contributed by atoms with Crippen molar-refractivity contribution in [1.29, 1.82) is 0 Å². The summed E-state index contributed by atoms with van der Waals surface area (Å²) in [5.74, 6) is -0.861. The molecule has 92 valence electrons. The molecule has 0 aliphatic rings. The first kappa shape index (κ1) is 13.2. The molecule has 0 saturated carbocycles. The van der Waals surface area contributed by atoms with Gasteiger partial charge in [0.15, 0.2) is 0 Å². The summed E-state index contributed by atoms with van der Waals surface area (Å²) < 4.78 is 0. The van der Waals surface area contributed by atoms with E-state index in [-0.39, 0.29) is 24.8 Å². The van der Waals surface area contributed by atoms with Crippen LogP contribution >= 0.6 is 0 Å². The van der Waals surface area contributed by atoms with Gasteiger partial charge >= 0.3 is 0 Å². The first-order chi connectivity index (χ1) is 8.04. The number of amides is 2. The summed E-state index contributed by atoms with van der Waals surface area (Å²) in [5.41, 5.74) is 11.9. The molecule has 0 radical (unpaired) electrons. The fraction of sp³-hybridized carbons (Fsp3) is 0.333. The van der Waals surface area contributed by atoms with Crippen molar-refractivity contribution in [2.75, 3.05) is 11.9 Å². The zero-order chi connectivity index (χ0) is 12.8. The fourth-order valence-corrected chi connectivity index (χ4v) is 1.35. The lowest BCUT2D eigenvalue weighted by molar-refractivity contribution is -0.119. The van der Waals surface area contributed by atoms with Gasteiger partial charge in [-0.3, -0.25) is 9.59 Å². The Labute approximate surface area is 100 Å². The summed E-state index contributed by atoms with van der Waals surface area (Å²) in [4.78, 5) is 22.6. The molecule has 0 bridgehead atoms. The average molecular weight is 235 g/mol. The summed E-state index contributed by atoms with van der Waals surface area (Å²) in [6.45, 7) is 2.02. The molecule has 2 amide bonds. The van der Waals surface area contributed by atoms with Gasteiger partial charge in [-0.05, 0) is 11.6 Å². The van der Waals surface area contributed by atoms with Crippen LogP contribution in [0, 0.1) is 5.92 Å². The third kappa shape index (κ3) is 3.88. The molecular weight excluding hydrogens is 218 g/mol. The summed E-state index contributed by atoms with van der Waals surface area (Å²) in [7, 11) is 0. The highest BCUT2D eigenvalue weighted by atomic mass is 16.2. The molecule has 0 saturated heterocycles. The van der Waals surface area contributed by atoms with E-state index in [4.69, 9.17) is 11.5 Å². The van der Waals surface area contributed by atoms with E-state index in [0.717, 1.165) is 0 Å². The number of nitrogens with one attached hydrogen (secondary N) is 1. The van der Waals surface area contributed by atoms with E-state index in [9.17, 15) is 9.59 Å². The number of anilines is 1. The van der Waals surface area contributed by atoms with Gasteiger partial charge in [-0.2, -0.15) is 0 Å². The fourth-order valence-electron chi connectivity index (χ4n) is 1.35. The van der Waals surface area contributed by atoms with Gasteiger partial charge in [0.05, 0.1) is 6.42 Å². The maximum Gasteiger partial charge on any atom is 0.228 e. The number of carbonyl (C=O) groups excluding carboxylic acids is 2. The molecule has 0 aromatic heterocycles. The molecule has 1 aromatic carbocycles. The Morgan fingerprint density at radius 1 is 1.35 bits per heavy atom. The normalized spacial score (nSPS) is 11.9. The van der Waals surface area contributed by atoms with Crippen LogP contribution < -0.4 is 16.8 Å². The highest BCUT2D eigenvalue weighted by Gasteiger charge is 2.13. The lowest BCUT2D eigenvalue weighted by Gasteiger charge is -2.12. The quantitative estimate of drug-likeness (QED) is 0.682. The molecule has 0 heterocycles. The number of hydrogen-bond donors (Lipinski definition) is 3. The lowest BCUT2D eigenvalue weighted by atomic mass is 10.1. The third-order valence-corrected chi connectivity index (χ3v) is 2.44. The van der Waals surface area contributed by atoms with Crippen molar-refractivity contribution in [3.63, 3.8) is 0 Å². The minimum Gasteiger partial charge on any atom is -0.369 e. The first-order valence-corrected chi connectivity index (χ1v) is 5.41. The average Bonchev–Trinajstić information content (AvgIpc) is 2.29. The summed E-state index contributed by atoms with van der Waals surface area (Å²) >= 11 is 0. The molecule has 1 aromatic rings. The second-order valence-electron chi connectivity index (χ2n) is 3.93. The van der Waals surface area contributed by atoms with Crippen LogP contribution in [-0.4, -0.2) is 18.4 Å². The summed E-state index contributed by atoms with van der Waals surface area (Å²) in [5, 5.41) is 2.74. The van der Waals surface area contributed by atoms with Gasteiger partial charge in [-0.1, -0.05) is 25.1 Å². The van der Waals surface area contributed by atoms with Crippen LogP contribution in [0.1, 0.15) is 12.5 Å². The Morgan fingerprint density at radius 3 is 2.59 bits per heavy atom. The van der Waals surface area contributed by atoms with Gasteiger partial charge in [0, 0.05) is 18.2 Å². The van der Waals surface area contributed by atoms with E-state index >= 15 is 0 Å². The van der Waals surface area contributed by atoms with Gasteiger partial charge in [-0.25, -0.2) is 0 Å². The van der Waals surface area contributed by atoms with Crippen LogP contribution in [-0.2, 0) is 16.0 Å². The number of primary amides is 1. The highest BCUT2D eigenvalue weighted by molar-refractivity contribution is 5.94. The van der Waals surface area contributed by atoms with Crippen LogP contribution in [0.5, 0.6) is 0 Å². The standard InChI is InChI=1S/C12H17N3O2/c1-8(7-13)12(17)15-10-5-3-2-4-9(10)6-11(14)16/h2-5,8H,6-7,13H2,1H3,(H2,14,16)(H,15,17). The van der Waals surface area contributed by atoms with Gasteiger partial charge in [0.2, 0.25) is 11.8 Å². The minimum atomic E-state index is -0.432. The Morgan fingerprint density at radius 2 is 2.00 bits per heavy atom. The van der Waals surface area contributed by atoms with Crippen molar-refractivity contribution in [3.8, 4) is 0 Å². The molecule has 17 heavy (non-hydrogen) atoms. The molecule has 0 aliphatic heterocycles. The van der Waals surface area contributed by atoms with Crippen LogP contribution in [0.15, 0.2) is 24.3 Å². The monoisotopic (exact) mass is 235 g/mol. The predicted octanol–water partition coefficient (Wildman–Crippen LogP) is 0.248. The topological polar surface area (TPSA) is 98.2 Å². The maximum absolute atomic E-state index is 11.7. The Balaban J connectivity index is 2.83. The smallest absolute Gasteiger partial charge is 0.228 e. The number of rotatable bonds is 5. The maximum atomic E-state index is 11.7. The molecule has 1 atom stereocenters. The molecule has 0 fully saturated rings. The summed E-state index contributed by atoms with van der Waals surface area (Å²) in [6, 6.07) is 7.07. The van der Waals surface area contributed by atoms with Gasteiger partial charge in [0.1, 0.15) is 0 Å². The number of benzene rings is 1. The number of carbonyl (C=O) groups is 2. The van der Waals surface area contributed by atoms with Crippen molar-refractivity contribution in [2.24, 2.45) is 17.4 Å². The summed E-state index contributed by atoms with van der Waals surface area (Å²) in [6.07, 6.45) is 0.105. The molecule has 5 heteroatoms. The predicted molar refractivity (Wildman–Crippen MR) is 66.2 cm³/mol. The van der Waals surface area contributed by atoms with Crippen molar-refractivity contribution in [3.05, 3.63) is 29.8 Å². The SMILES string of the molecule is CC(CN)C(=O)Nc1ccccc1CC(N)=O. The van der Waals surface area contributed by atoms with E-state index in [1.54, 1.807) is 31.2 Å². The first-order valence-electron chi connectivity index (χ1n) is 5.41. The van der Waals surface area contributed by atoms with Gasteiger partial charge < -0.3 is 16.8 Å². The lowest BCUT2D eigenvalue weighted by Crippen LogP contribution is -2.27. The van der Waals surface area contributed by atoms with E-state index in [1.165, 1.54) is 0 Å². The van der Waals surface area contributed by atoms with Crippen LogP contribution in [0.4, 0.5) is 5.69 Å².